The van der Waals surface area contributed by atoms with E-state index in [0.29, 0.717) is 25.6 Å². The topological polar surface area (TPSA) is 41.6 Å². The molecule has 1 aliphatic rings. The molecule has 112 valence electrons. The quantitative estimate of drug-likeness (QED) is 0.874. The smallest absolute Gasteiger partial charge is 0.224 e. The Bertz CT molecular complexity index is 402. The van der Waals surface area contributed by atoms with E-state index in [-0.39, 0.29) is 11.9 Å². The molecule has 1 aliphatic heterocycles. The van der Waals surface area contributed by atoms with Gasteiger partial charge in [0, 0.05) is 32.1 Å². The van der Waals surface area contributed by atoms with E-state index in [1.54, 1.807) is 11.3 Å². The molecule has 4 nitrogen and oxygen atoms in total. The summed E-state index contributed by atoms with van der Waals surface area (Å²) in [5.74, 6) is 0.721. The van der Waals surface area contributed by atoms with Crippen molar-refractivity contribution in [3.63, 3.8) is 0 Å². The zero-order chi connectivity index (χ0) is 14.4. The number of carbonyl (C=O) groups is 1. The molecule has 0 aliphatic carbocycles. The Morgan fingerprint density at radius 1 is 1.45 bits per heavy atom. The summed E-state index contributed by atoms with van der Waals surface area (Å²) in [6, 6.07) is 2.38. The first kappa shape index (κ1) is 15.5. The average Bonchev–Trinajstić information content (AvgIpc) is 3.00. The van der Waals surface area contributed by atoms with Crippen LogP contribution in [-0.4, -0.2) is 49.7 Å². The summed E-state index contributed by atoms with van der Waals surface area (Å²) in [7, 11) is 0. The van der Waals surface area contributed by atoms with Gasteiger partial charge in [-0.25, -0.2) is 0 Å². The predicted octanol–water partition coefficient (Wildman–Crippen LogP) is 2.08. The van der Waals surface area contributed by atoms with E-state index in [4.69, 9.17) is 4.74 Å². The minimum atomic E-state index is 0.214. The Morgan fingerprint density at radius 3 is 2.85 bits per heavy atom. The van der Waals surface area contributed by atoms with Crippen molar-refractivity contribution in [1.82, 2.24) is 10.2 Å². The van der Waals surface area contributed by atoms with Gasteiger partial charge in [0.05, 0.1) is 13.2 Å². The molecule has 1 fully saturated rings. The van der Waals surface area contributed by atoms with Crippen LogP contribution in [0.15, 0.2) is 16.8 Å². The van der Waals surface area contributed by atoms with Gasteiger partial charge in [0.1, 0.15) is 0 Å². The number of amides is 1. The first-order valence-corrected chi connectivity index (χ1v) is 8.22. The van der Waals surface area contributed by atoms with Crippen LogP contribution in [0.1, 0.15) is 31.7 Å². The van der Waals surface area contributed by atoms with Crippen LogP contribution in [0.5, 0.6) is 0 Å². The number of rotatable bonds is 6. The monoisotopic (exact) mass is 296 g/mol. The van der Waals surface area contributed by atoms with Gasteiger partial charge in [-0.2, -0.15) is 11.3 Å². The van der Waals surface area contributed by atoms with E-state index >= 15 is 0 Å². The first-order chi connectivity index (χ1) is 9.66. The minimum Gasteiger partial charge on any atom is -0.378 e. The number of morpholine rings is 1. The molecule has 20 heavy (non-hydrogen) atoms. The van der Waals surface area contributed by atoms with Gasteiger partial charge >= 0.3 is 0 Å². The third-order valence-electron chi connectivity index (χ3n) is 3.73. The molecule has 1 aromatic rings. The number of hydrogen-bond donors (Lipinski definition) is 1. The maximum atomic E-state index is 12.1. The van der Waals surface area contributed by atoms with Crippen molar-refractivity contribution in [1.29, 1.82) is 0 Å². The second kappa shape index (κ2) is 7.76. The fraction of sp³-hybridized carbons (Fsp3) is 0.667. The maximum absolute atomic E-state index is 12.1. The molecule has 0 radical (unpaired) electrons. The molecule has 0 bridgehead atoms. The van der Waals surface area contributed by atoms with Crippen molar-refractivity contribution < 1.29 is 9.53 Å². The molecule has 2 atom stereocenters. The Kier molecular flexibility index (Phi) is 6.01. The normalized spacial score (nSPS) is 18.8. The Labute approximate surface area is 125 Å². The highest BCUT2D eigenvalue weighted by atomic mass is 32.1. The first-order valence-electron chi connectivity index (χ1n) is 7.28. The summed E-state index contributed by atoms with van der Waals surface area (Å²) in [5.41, 5.74) is 1.37. The molecule has 0 aromatic carbocycles. The summed E-state index contributed by atoms with van der Waals surface area (Å²) in [4.78, 5) is 14.0. The van der Waals surface area contributed by atoms with Gasteiger partial charge in [0.2, 0.25) is 5.91 Å². The lowest BCUT2D eigenvalue weighted by Gasteiger charge is -2.28. The van der Waals surface area contributed by atoms with Crippen molar-refractivity contribution in [2.24, 2.45) is 0 Å². The fourth-order valence-corrected chi connectivity index (χ4v) is 3.11. The number of nitrogens with zero attached hydrogens (tertiary/aromatic N) is 1. The van der Waals surface area contributed by atoms with Gasteiger partial charge in [-0.05, 0) is 35.2 Å². The third kappa shape index (κ3) is 4.58. The molecule has 1 amide bonds. The molecule has 0 unspecified atom stereocenters. The number of carbonyl (C=O) groups excluding carboxylic acids is 1. The molecule has 1 aromatic heterocycles. The second-order valence-corrected chi connectivity index (χ2v) is 6.24. The fourth-order valence-electron chi connectivity index (χ4n) is 2.33. The zero-order valence-electron chi connectivity index (χ0n) is 12.3. The van der Waals surface area contributed by atoms with Crippen LogP contribution in [0.2, 0.25) is 0 Å². The van der Waals surface area contributed by atoms with Crippen LogP contribution in [0.3, 0.4) is 0 Å². The van der Waals surface area contributed by atoms with Crippen molar-refractivity contribution in [2.45, 2.75) is 32.2 Å². The van der Waals surface area contributed by atoms with Crippen LogP contribution >= 0.6 is 11.3 Å². The van der Waals surface area contributed by atoms with Crippen molar-refractivity contribution in [2.75, 3.05) is 32.8 Å². The summed E-state index contributed by atoms with van der Waals surface area (Å²) in [5, 5.41) is 7.77. The molecular weight excluding hydrogens is 272 g/mol. The van der Waals surface area contributed by atoms with Gasteiger partial charge < -0.3 is 15.0 Å². The highest BCUT2D eigenvalue weighted by molar-refractivity contribution is 7.07. The van der Waals surface area contributed by atoms with Crippen molar-refractivity contribution in [3.05, 3.63) is 22.4 Å². The summed E-state index contributed by atoms with van der Waals surface area (Å²) in [6.45, 7) is 8.01. The van der Waals surface area contributed by atoms with Gasteiger partial charge in [-0.15, -0.1) is 0 Å². The second-order valence-electron chi connectivity index (χ2n) is 5.46. The predicted molar refractivity (Wildman–Crippen MR) is 82.2 cm³/mol. The van der Waals surface area contributed by atoms with Gasteiger partial charge in [-0.1, -0.05) is 6.92 Å². The van der Waals surface area contributed by atoms with Crippen LogP contribution in [0, 0.1) is 0 Å². The Hall–Kier alpha value is -0.910. The molecule has 0 saturated carbocycles. The van der Waals surface area contributed by atoms with Crippen LogP contribution in [-0.2, 0) is 9.53 Å². The van der Waals surface area contributed by atoms with Gasteiger partial charge in [-0.3, -0.25) is 4.79 Å². The number of hydrogen-bond acceptors (Lipinski definition) is 4. The van der Waals surface area contributed by atoms with Crippen LogP contribution < -0.4 is 5.32 Å². The molecule has 0 spiro atoms. The maximum Gasteiger partial charge on any atom is 0.224 e. The van der Waals surface area contributed by atoms with E-state index < -0.39 is 0 Å². The average molecular weight is 296 g/mol. The van der Waals surface area contributed by atoms with Gasteiger partial charge in [0.15, 0.2) is 0 Å². The van der Waals surface area contributed by atoms with E-state index in [1.807, 2.05) is 4.90 Å². The summed E-state index contributed by atoms with van der Waals surface area (Å²) >= 11 is 1.73. The molecule has 2 heterocycles. The van der Waals surface area contributed by atoms with Gasteiger partial charge in [0.25, 0.3) is 0 Å². The number of ether oxygens (including phenoxy) is 1. The Balaban J connectivity index is 1.69. The van der Waals surface area contributed by atoms with E-state index in [0.717, 1.165) is 19.6 Å². The zero-order valence-corrected chi connectivity index (χ0v) is 13.1. The number of thiophene rings is 1. The lowest BCUT2D eigenvalue weighted by molar-refractivity contribution is -0.135. The van der Waals surface area contributed by atoms with E-state index in [9.17, 15) is 4.79 Å². The van der Waals surface area contributed by atoms with Crippen LogP contribution in [0.25, 0.3) is 0 Å². The molecular formula is C15H24N2O2S. The van der Waals surface area contributed by atoms with Crippen molar-refractivity contribution in [3.8, 4) is 0 Å². The van der Waals surface area contributed by atoms with E-state index in [1.165, 1.54) is 5.56 Å². The Morgan fingerprint density at radius 2 is 2.20 bits per heavy atom. The highest BCUT2D eigenvalue weighted by Gasteiger charge is 2.19. The van der Waals surface area contributed by atoms with Crippen molar-refractivity contribution >= 4 is 17.2 Å². The largest absolute Gasteiger partial charge is 0.378 e. The summed E-state index contributed by atoms with van der Waals surface area (Å²) < 4.78 is 5.27. The molecule has 1 N–H and O–H groups in total. The lowest BCUT2D eigenvalue weighted by Crippen LogP contribution is -2.43. The molecule has 5 heteroatoms. The number of nitrogens with one attached hydrogen (secondary N) is 1. The van der Waals surface area contributed by atoms with E-state index in [2.05, 4.69) is 36.0 Å². The third-order valence-corrected chi connectivity index (χ3v) is 4.43. The van der Waals surface area contributed by atoms with Crippen LogP contribution in [0.4, 0.5) is 0 Å². The SMILES string of the molecule is C[C@H](CC(=O)N1CCOCC1)NC[C@@H](C)c1ccsc1. The minimum absolute atomic E-state index is 0.214. The molecule has 1 saturated heterocycles. The standard InChI is InChI=1S/C15H24N2O2S/c1-12(14-3-8-20-11-14)10-16-13(2)9-15(18)17-4-6-19-7-5-17/h3,8,11-13,16H,4-7,9-10H2,1-2H3/t12-,13-/m1/s1. The molecule has 2 rings (SSSR count). The summed E-state index contributed by atoms with van der Waals surface area (Å²) in [6.07, 6.45) is 0.566. The highest BCUT2D eigenvalue weighted by Crippen LogP contribution is 2.17. The lowest BCUT2D eigenvalue weighted by atomic mass is 10.0.